The molecular weight excluding hydrogens is 382 g/mol. The molecule has 0 saturated carbocycles. The van der Waals surface area contributed by atoms with Crippen LogP contribution in [0.25, 0.3) is 0 Å². The zero-order valence-corrected chi connectivity index (χ0v) is 17.5. The average molecular weight is 414 g/mol. The number of fused-ring (bicyclic) bond motifs is 1. The lowest BCUT2D eigenvalue weighted by atomic mass is 10.3. The normalized spacial score (nSPS) is 12.0. The Labute approximate surface area is 170 Å². The summed E-state index contributed by atoms with van der Waals surface area (Å²) in [7, 11) is 0. The second-order valence-corrected chi connectivity index (χ2v) is 6.31. The van der Waals surface area contributed by atoms with Gasteiger partial charge in [0.25, 0.3) is 0 Å². The van der Waals surface area contributed by atoms with Crippen molar-refractivity contribution in [3.63, 3.8) is 0 Å². The molecule has 0 saturated heterocycles. The SMILES string of the molecule is CC.CC(C)N.Fc1ccc(F)cc1.O=C(O)Cn1cc2c(n1)CN(CCO)C2. The Bertz CT molecular complexity index is 659. The maximum absolute atomic E-state index is 11.9. The zero-order chi connectivity index (χ0) is 22.4. The lowest BCUT2D eigenvalue weighted by molar-refractivity contribution is -0.137. The fraction of sp³-hybridized carbons (Fsp3) is 0.500. The first-order valence-corrected chi connectivity index (χ1v) is 9.48. The molecule has 0 unspecified atom stereocenters. The third-order valence-corrected chi connectivity index (χ3v) is 3.21. The van der Waals surface area contributed by atoms with Gasteiger partial charge in [0, 0.05) is 31.4 Å². The minimum atomic E-state index is -0.886. The van der Waals surface area contributed by atoms with Crippen molar-refractivity contribution < 1.29 is 23.8 Å². The summed E-state index contributed by atoms with van der Waals surface area (Å²) in [5, 5.41) is 21.5. The van der Waals surface area contributed by atoms with Crippen LogP contribution in [0.5, 0.6) is 0 Å². The van der Waals surface area contributed by atoms with Crippen molar-refractivity contribution in [1.82, 2.24) is 14.7 Å². The van der Waals surface area contributed by atoms with Gasteiger partial charge in [-0.3, -0.25) is 14.4 Å². The van der Waals surface area contributed by atoms with E-state index in [4.69, 9.17) is 15.9 Å². The van der Waals surface area contributed by atoms with Crippen LogP contribution in [0.3, 0.4) is 0 Å². The summed E-state index contributed by atoms with van der Waals surface area (Å²) in [6, 6.07) is 4.65. The number of carbonyl (C=O) groups is 1. The quantitative estimate of drug-likeness (QED) is 0.710. The van der Waals surface area contributed by atoms with Gasteiger partial charge in [0.15, 0.2) is 0 Å². The van der Waals surface area contributed by atoms with Crippen LogP contribution in [-0.4, -0.2) is 50.1 Å². The molecule has 0 radical (unpaired) electrons. The molecule has 0 bridgehead atoms. The molecule has 29 heavy (non-hydrogen) atoms. The number of nitrogens with zero attached hydrogens (tertiary/aromatic N) is 3. The molecule has 3 rings (SSSR count). The number of carboxylic acids is 1. The Hall–Kier alpha value is -2.36. The number of nitrogens with two attached hydrogens (primary N) is 1. The van der Waals surface area contributed by atoms with Gasteiger partial charge < -0.3 is 15.9 Å². The summed E-state index contributed by atoms with van der Waals surface area (Å²) in [4.78, 5) is 12.5. The maximum atomic E-state index is 11.9. The van der Waals surface area contributed by atoms with Crippen molar-refractivity contribution in [1.29, 1.82) is 0 Å². The molecule has 0 fully saturated rings. The lowest BCUT2D eigenvalue weighted by Crippen LogP contribution is -2.21. The highest BCUT2D eigenvalue weighted by Crippen LogP contribution is 2.20. The standard InChI is InChI=1S/C9H13N3O3.C6H4F2.C3H9N.C2H6/c13-2-1-11-3-7-4-12(6-9(14)15)10-8(7)5-11;7-5-1-2-6(8)4-3-5;1-3(2)4;1-2/h4,13H,1-3,5-6H2,(H,14,15);1-4H;3H,4H2,1-2H3;1-2H3. The van der Waals surface area contributed by atoms with Gasteiger partial charge in [-0.05, 0) is 30.3 Å². The fourth-order valence-corrected chi connectivity index (χ4v) is 2.23. The van der Waals surface area contributed by atoms with Gasteiger partial charge in [-0.25, -0.2) is 8.78 Å². The summed E-state index contributed by atoms with van der Waals surface area (Å²) < 4.78 is 25.3. The van der Waals surface area contributed by atoms with E-state index < -0.39 is 17.6 Å². The van der Waals surface area contributed by atoms with Gasteiger partial charge in [0.1, 0.15) is 18.2 Å². The molecule has 164 valence electrons. The van der Waals surface area contributed by atoms with Gasteiger partial charge >= 0.3 is 5.97 Å². The van der Waals surface area contributed by atoms with Crippen molar-refractivity contribution in [2.24, 2.45) is 5.73 Å². The van der Waals surface area contributed by atoms with E-state index in [1.807, 2.05) is 27.7 Å². The van der Waals surface area contributed by atoms with Gasteiger partial charge in [-0.15, -0.1) is 0 Å². The third-order valence-electron chi connectivity index (χ3n) is 3.21. The van der Waals surface area contributed by atoms with Gasteiger partial charge in [-0.1, -0.05) is 27.7 Å². The van der Waals surface area contributed by atoms with Crippen molar-refractivity contribution in [3.8, 4) is 0 Å². The van der Waals surface area contributed by atoms with E-state index in [1.54, 1.807) is 6.20 Å². The summed E-state index contributed by atoms with van der Waals surface area (Å²) in [5.74, 6) is -1.71. The molecule has 1 aliphatic rings. The highest BCUT2D eigenvalue weighted by atomic mass is 19.1. The number of rotatable bonds is 4. The van der Waals surface area contributed by atoms with Crippen molar-refractivity contribution >= 4 is 5.97 Å². The summed E-state index contributed by atoms with van der Waals surface area (Å²) >= 11 is 0. The summed E-state index contributed by atoms with van der Waals surface area (Å²) in [6.45, 7) is 10.0. The number of aliphatic hydroxyl groups excluding tert-OH is 1. The fourth-order valence-electron chi connectivity index (χ4n) is 2.23. The first-order valence-electron chi connectivity index (χ1n) is 9.48. The molecule has 0 amide bonds. The molecule has 0 spiro atoms. The van der Waals surface area contributed by atoms with Crippen LogP contribution in [0.15, 0.2) is 30.5 Å². The monoisotopic (exact) mass is 414 g/mol. The summed E-state index contributed by atoms with van der Waals surface area (Å²) in [5.41, 5.74) is 7.09. The summed E-state index contributed by atoms with van der Waals surface area (Å²) in [6.07, 6.45) is 1.76. The minimum absolute atomic E-state index is 0.0903. The number of β-amino-alcohol motifs (C(OH)–C–C–N with tert-alkyl or cyclic N) is 1. The first-order chi connectivity index (χ1) is 13.7. The molecule has 1 aromatic heterocycles. The number of aliphatic hydroxyl groups is 1. The lowest BCUT2D eigenvalue weighted by Gasteiger charge is -2.12. The molecule has 0 aliphatic carbocycles. The largest absolute Gasteiger partial charge is 0.480 e. The number of benzene rings is 1. The number of aliphatic carboxylic acids is 1. The zero-order valence-electron chi connectivity index (χ0n) is 17.5. The highest BCUT2D eigenvalue weighted by molar-refractivity contribution is 5.66. The van der Waals surface area contributed by atoms with E-state index in [9.17, 15) is 13.6 Å². The number of hydrogen-bond acceptors (Lipinski definition) is 5. The molecule has 9 heteroatoms. The van der Waals surface area contributed by atoms with E-state index >= 15 is 0 Å². The Morgan fingerprint density at radius 3 is 2.03 bits per heavy atom. The van der Waals surface area contributed by atoms with E-state index in [-0.39, 0.29) is 13.2 Å². The minimum Gasteiger partial charge on any atom is -0.480 e. The van der Waals surface area contributed by atoms with Crippen LogP contribution >= 0.6 is 0 Å². The van der Waals surface area contributed by atoms with Crippen LogP contribution in [0, 0.1) is 11.6 Å². The Balaban J connectivity index is 0.000000471. The average Bonchev–Trinajstić information content (AvgIpc) is 3.17. The van der Waals surface area contributed by atoms with Crippen LogP contribution in [0.1, 0.15) is 39.0 Å². The highest BCUT2D eigenvalue weighted by Gasteiger charge is 2.22. The van der Waals surface area contributed by atoms with E-state index in [0.29, 0.717) is 19.1 Å². The number of hydrogen-bond donors (Lipinski definition) is 3. The van der Waals surface area contributed by atoms with E-state index in [0.717, 1.165) is 42.1 Å². The molecule has 1 aliphatic heterocycles. The molecular formula is C20H32F2N4O3. The Morgan fingerprint density at radius 2 is 1.66 bits per heavy atom. The van der Waals surface area contributed by atoms with Gasteiger partial charge in [-0.2, -0.15) is 5.10 Å². The van der Waals surface area contributed by atoms with Crippen LogP contribution < -0.4 is 5.73 Å². The van der Waals surface area contributed by atoms with Crippen LogP contribution in [0.2, 0.25) is 0 Å². The van der Waals surface area contributed by atoms with Gasteiger partial charge in [0.05, 0.1) is 12.3 Å². The van der Waals surface area contributed by atoms with E-state index in [1.165, 1.54) is 4.68 Å². The molecule has 2 aromatic rings. The maximum Gasteiger partial charge on any atom is 0.325 e. The third kappa shape index (κ3) is 11.9. The topological polar surface area (TPSA) is 105 Å². The van der Waals surface area contributed by atoms with Gasteiger partial charge in [0.2, 0.25) is 0 Å². The molecule has 1 aromatic carbocycles. The second-order valence-electron chi connectivity index (χ2n) is 6.31. The molecule has 0 atom stereocenters. The van der Waals surface area contributed by atoms with Crippen molar-refractivity contribution in [2.45, 2.75) is 53.4 Å². The first kappa shape index (κ1) is 26.6. The molecule has 4 N–H and O–H groups in total. The Kier molecular flexibility index (Phi) is 13.4. The molecule has 2 heterocycles. The number of aromatic nitrogens is 2. The van der Waals surface area contributed by atoms with Crippen LogP contribution in [0.4, 0.5) is 8.78 Å². The van der Waals surface area contributed by atoms with E-state index in [2.05, 4.69) is 10.00 Å². The predicted molar refractivity (Wildman–Crippen MR) is 108 cm³/mol. The number of halogens is 2. The van der Waals surface area contributed by atoms with Crippen molar-refractivity contribution in [2.75, 3.05) is 13.2 Å². The van der Waals surface area contributed by atoms with Crippen molar-refractivity contribution in [3.05, 3.63) is 53.4 Å². The second kappa shape index (κ2) is 14.6. The Morgan fingerprint density at radius 1 is 1.17 bits per heavy atom. The van der Waals surface area contributed by atoms with Crippen LogP contribution in [-0.2, 0) is 24.4 Å². The smallest absolute Gasteiger partial charge is 0.325 e. The molecule has 7 nitrogen and oxygen atoms in total. The number of carboxylic acid groups (broad SMARTS) is 1. The predicted octanol–water partition coefficient (Wildman–Crippen LogP) is 2.62.